The van der Waals surface area contributed by atoms with E-state index in [0.29, 0.717) is 17.6 Å². The fraction of sp³-hybridized carbons (Fsp3) is 0.412. The molecular formula is C17H24NO2W-. The molecule has 1 aliphatic heterocycles. The molecule has 21 heavy (non-hydrogen) atoms. The van der Waals surface area contributed by atoms with Gasteiger partial charge in [0.25, 0.3) is 0 Å². The Balaban J connectivity index is 0.00000200. The van der Waals surface area contributed by atoms with Crippen molar-refractivity contribution in [1.82, 2.24) is 4.90 Å². The van der Waals surface area contributed by atoms with Crippen LogP contribution < -0.4 is 0 Å². The summed E-state index contributed by atoms with van der Waals surface area (Å²) in [6.45, 7) is 3.07. The van der Waals surface area contributed by atoms with Gasteiger partial charge in [0, 0.05) is 38.7 Å². The molecule has 116 valence electrons. The molecule has 1 heterocycles. The number of nitrogens with zero attached hydrogens (tertiary/aromatic N) is 1. The van der Waals surface area contributed by atoms with Crippen LogP contribution in [0.1, 0.15) is 36.0 Å². The molecule has 1 aromatic carbocycles. The standard InChI is InChI=1S/C16H21NO2.CH3.W/c18-13-15(9-12-17-10-5-2-6-11-17)16(19)14-7-3-1-4-8-14;;/h1,3-4,7-8,13,18H,2,5-6,9-12H2;1H3;/q;-1;/b15-13+;;. The number of piperidine rings is 1. The van der Waals surface area contributed by atoms with Gasteiger partial charge in [-0.05, 0) is 32.4 Å². The molecule has 0 saturated carbocycles. The number of aliphatic hydroxyl groups excluding tert-OH is 1. The van der Waals surface area contributed by atoms with Crippen molar-refractivity contribution < 1.29 is 31.0 Å². The summed E-state index contributed by atoms with van der Waals surface area (Å²) in [4.78, 5) is 14.6. The molecule has 1 aliphatic rings. The molecule has 0 aliphatic carbocycles. The molecule has 0 aromatic heterocycles. The number of hydrogen-bond acceptors (Lipinski definition) is 3. The predicted octanol–water partition coefficient (Wildman–Crippen LogP) is 3.63. The van der Waals surface area contributed by atoms with Gasteiger partial charge < -0.3 is 17.4 Å². The van der Waals surface area contributed by atoms with Gasteiger partial charge in [0.1, 0.15) is 0 Å². The number of carbonyl (C=O) groups excluding carboxylic acids is 1. The third-order valence-corrected chi connectivity index (χ3v) is 3.63. The maximum absolute atomic E-state index is 12.2. The average Bonchev–Trinajstić information content (AvgIpc) is 2.49. The molecule has 0 unspecified atom stereocenters. The monoisotopic (exact) mass is 458 g/mol. The number of carbonyl (C=O) groups is 1. The molecule has 0 bridgehead atoms. The number of likely N-dealkylation sites (tertiary alicyclic amines) is 1. The molecule has 2 rings (SSSR count). The van der Waals surface area contributed by atoms with Crippen LogP contribution in [0.2, 0.25) is 0 Å². The van der Waals surface area contributed by atoms with Gasteiger partial charge in [-0.25, -0.2) is 0 Å². The van der Waals surface area contributed by atoms with Gasteiger partial charge in [-0.1, -0.05) is 36.8 Å². The predicted molar refractivity (Wildman–Crippen MR) is 82.8 cm³/mol. The van der Waals surface area contributed by atoms with Crippen molar-refractivity contribution >= 4 is 5.78 Å². The van der Waals surface area contributed by atoms with Crippen molar-refractivity contribution in [3.63, 3.8) is 0 Å². The van der Waals surface area contributed by atoms with Crippen LogP contribution in [0.25, 0.3) is 0 Å². The zero-order chi connectivity index (χ0) is 13.5. The first-order valence-electron chi connectivity index (χ1n) is 6.96. The van der Waals surface area contributed by atoms with Crippen molar-refractivity contribution in [2.24, 2.45) is 0 Å². The molecular weight excluding hydrogens is 434 g/mol. The Hall–Kier alpha value is -0.922. The van der Waals surface area contributed by atoms with E-state index in [0.717, 1.165) is 25.9 Å². The van der Waals surface area contributed by atoms with Crippen molar-refractivity contribution in [1.29, 1.82) is 0 Å². The number of ketones is 1. The topological polar surface area (TPSA) is 40.5 Å². The summed E-state index contributed by atoms with van der Waals surface area (Å²) < 4.78 is 0. The van der Waals surface area contributed by atoms with E-state index in [4.69, 9.17) is 0 Å². The van der Waals surface area contributed by atoms with Gasteiger partial charge in [-0.15, -0.1) is 0 Å². The molecule has 1 N–H and O–H groups in total. The van der Waals surface area contributed by atoms with Gasteiger partial charge in [0.05, 0.1) is 6.26 Å². The number of Topliss-reactive ketones (excluding diaryl/α,β-unsaturated/α-hetero) is 1. The van der Waals surface area contributed by atoms with Crippen molar-refractivity contribution in [2.45, 2.75) is 25.7 Å². The summed E-state index contributed by atoms with van der Waals surface area (Å²) >= 11 is 0. The summed E-state index contributed by atoms with van der Waals surface area (Å²) in [6, 6.07) is 9.13. The van der Waals surface area contributed by atoms with Crippen LogP contribution in [-0.4, -0.2) is 35.4 Å². The van der Waals surface area contributed by atoms with Crippen LogP contribution in [0.15, 0.2) is 42.2 Å². The molecule has 0 radical (unpaired) electrons. The largest absolute Gasteiger partial charge is 0.515 e. The van der Waals surface area contributed by atoms with E-state index in [2.05, 4.69) is 4.90 Å². The second kappa shape index (κ2) is 10.8. The second-order valence-corrected chi connectivity index (χ2v) is 5.00. The minimum atomic E-state index is -0.0693. The van der Waals surface area contributed by atoms with Crippen LogP contribution in [-0.2, 0) is 21.1 Å². The smallest absolute Gasteiger partial charge is 0.192 e. The van der Waals surface area contributed by atoms with Crippen LogP contribution in [0.3, 0.4) is 0 Å². The van der Waals surface area contributed by atoms with Crippen LogP contribution in [0.5, 0.6) is 0 Å². The molecule has 3 nitrogen and oxygen atoms in total. The van der Waals surface area contributed by atoms with E-state index < -0.39 is 0 Å². The third kappa shape index (κ3) is 6.15. The normalized spacial score (nSPS) is 15.7. The quantitative estimate of drug-likeness (QED) is 0.317. The Morgan fingerprint density at radius 2 is 1.76 bits per heavy atom. The fourth-order valence-electron chi connectivity index (χ4n) is 2.47. The van der Waals surface area contributed by atoms with Gasteiger partial charge in [0.2, 0.25) is 0 Å². The summed E-state index contributed by atoms with van der Waals surface area (Å²) in [5, 5.41) is 9.29. The Morgan fingerprint density at radius 1 is 1.14 bits per heavy atom. The molecule has 1 fully saturated rings. The van der Waals surface area contributed by atoms with Gasteiger partial charge in [-0.2, -0.15) is 0 Å². The van der Waals surface area contributed by atoms with E-state index in [1.54, 1.807) is 12.1 Å². The van der Waals surface area contributed by atoms with E-state index in [9.17, 15) is 9.90 Å². The Kier molecular flexibility index (Phi) is 10.3. The maximum Gasteiger partial charge on any atom is 0.192 e. The molecule has 1 aromatic rings. The van der Waals surface area contributed by atoms with E-state index in [-0.39, 0.29) is 34.3 Å². The van der Waals surface area contributed by atoms with Gasteiger partial charge in [0.15, 0.2) is 5.78 Å². The summed E-state index contributed by atoms with van der Waals surface area (Å²) in [6.07, 6.45) is 5.38. The molecule has 0 amide bonds. The Bertz CT molecular complexity index is 439. The van der Waals surface area contributed by atoms with Gasteiger partial charge in [-0.3, -0.25) is 4.79 Å². The summed E-state index contributed by atoms with van der Waals surface area (Å²) in [5.74, 6) is -0.0693. The molecule has 4 heteroatoms. The van der Waals surface area contributed by atoms with Crippen molar-refractivity contribution in [3.05, 3.63) is 55.2 Å². The Labute approximate surface area is 142 Å². The maximum atomic E-state index is 12.2. The average molecular weight is 458 g/mol. The molecule has 0 spiro atoms. The van der Waals surface area contributed by atoms with E-state index in [1.807, 2.05) is 18.2 Å². The number of hydrogen-bond donors (Lipinski definition) is 1. The molecule has 1 saturated heterocycles. The first kappa shape index (κ1) is 20.1. The summed E-state index contributed by atoms with van der Waals surface area (Å²) in [5.41, 5.74) is 1.14. The number of aliphatic hydroxyl groups is 1. The fourth-order valence-corrected chi connectivity index (χ4v) is 2.47. The first-order valence-corrected chi connectivity index (χ1v) is 6.96. The summed E-state index contributed by atoms with van der Waals surface area (Å²) in [7, 11) is 0. The van der Waals surface area contributed by atoms with Crippen molar-refractivity contribution in [3.8, 4) is 0 Å². The molecule has 0 atom stereocenters. The van der Waals surface area contributed by atoms with E-state index in [1.165, 1.54) is 19.3 Å². The van der Waals surface area contributed by atoms with E-state index >= 15 is 0 Å². The number of rotatable bonds is 5. The van der Waals surface area contributed by atoms with Crippen LogP contribution >= 0.6 is 0 Å². The SMILES string of the molecule is O=C(/C(=C/O)CCN1CCCCC1)c1ccccc1.[CH3-].[W]. The first-order chi connectivity index (χ1) is 9.31. The minimum absolute atomic E-state index is 0. The van der Waals surface area contributed by atoms with Crippen molar-refractivity contribution in [2.75, 3.05) is 19.6 Å². The second-order valence-electron chi connectivity index (χ2n) is 5.00. The third-order valence-electron chi connectivity index (χ3n) is 3.63. The van der Waals surface area contributed by atoms with Crippen LogP contribution in [0, 0.1) is 7.43 Å². The zero-order valence-electron chi connectivity index (χ0n) is 12.6. The number of benzene rings is 1. The van der Waals surface area contributed by atoms with Gasteiger partial charge >= 0.3 is 0 Å². The Morgan fingerprint density at radius 3 is 2.33 bits per heavy atom. The van der Waals surface area contributed by atoms with Crippen LogP contribution in [0.4, 0.5) is 0 Å². The minimum Gasteiger partial charge on any atom is -0.515 e. The zero-order valence-corrected chi connectivity index (χ0v) is 15.6.